The molecule has 4 nitrogen and oxygen atoms in total. The molecule has 0 spiro atoms. The zero-order valence-corrected chi connectivity index (χ0v) is 12.9. The first kappa shape index (κ1) is 15.0. The van der Waals surface area contributed by atoms with Crippen molar-refractivity contribution in [2.75, 3.05) is 6.61 Å². The lowest BCUT2D eigenvalue weighted by atomic mass is 9.90. The molecule has 1 saturated carbocycles. The zero-order chi connectivity index (χ0) is 14.2. The van der Waals surface area contributed by atoms with Crippen LogP contribution in [0.3, 0.4) is 0 Å². The van der Waals surface area contributed by atoms with Gasteiger partial charge in [0, 0.05) is 10.7 Å². The van der Waals surface area contributed by atoms with Gasteiger partial charge in [-0.15, -0.1) is 0 Å². The fourth-order valence-corrected chi connectivity index (χ4v) is 2.61. The molecular formula is C15H19BrN2O2. The maximum absolute atomic E-state index is 11.6. The summed E-state index contributed by atoms with van der Waals surface area (Å²) in [5.74, 6) is 0.929. The predicted molar refractivity (Wildman–Crippen MR) is 82.8 cm³/mol. The Bertz CT molecular complexity index is 471. The molecule has 0 atom stereocenters. The quantitative estimate of drug-likeness (QED) is 0.659. The number of carbonyl (C=O) groups excluding carboxylic acids is 1. The number of nitrogens with one attached hydrogen (secondary N) is 1. The van der Waals surface area contributed by atoms with Gasteiger partial charge in [0.25, 0.3) is 5.91 Å². The van der Waals surface area contributed by atoms with Crippen molar-refractivity contribution < 1.29 is 9.53 Å². The topological polar surface area (TPSA) is 50.7 Å². The van der Waals surface area contributed by atoms with E-state index in [0.717, 1.165) is 4.47 Å². The average Bonchev–Trinajstić information content (AvgIpc) is 2.46. The standard InChI is InChI=1S/C15H19BrN2O2/c16-13-7-4-8-14(9-13)20-11-15(19)18-17-10-12-5-2-1-3-6-12/h4,7-10,12H,1-3,5-6,11H2,(H,18,19)/b17-10+. The Labute approximate surface area is 127 Å². The molecular weight excluding hydrogens is 320 g/mol. The first-order chi connectivity index (χ1) is 9.74. The van der Waals surface area contributed by atoms with Crippen LogP contribution >= 0.6 is 15.9 Å². The van der Waals surface area contributed by atoms with Crippen LogP contribution in [0.4, 0.5) is 0 Å². The molecule has 2 rings (SSSR count). The highest BCUT2D eigenvalue weighted by atomic mass is 79.9. The minimum atomic E-state index is -0.239. The summed E-state index contributed by atoms with van der Waals surface area (Å²) in [7, 11) is 0. The van der Waals surface area contributed by atoms with Crippen LogP contribution in [0.2, 0.25) is 0 Å². The molecule has 0 aliphatic heterocycles. The number of hydrogen-bond acceptors (Lipinski definition) is 3. The molecule has 20 heavy (non-hydrogen) atoms. The van der Waals surface area contributed by atoms with Crippen molar-refractivity contribution in [3.63, 3.8) is 0 Å². The molecule has 0 aromatic heterocycles. The lowest BCUT2D eigenvalue weighted by Crippen LogP contribution is -2.25. The van der Waals surface area contributed by atoms with Gasteiger partial charge in [0.2, 0.25) is 0 Å². The van der Waals surface area contributed by atoms with E-state index in [-0.39, 0.29) is 12.5 Å². The molecule has 1 aliphatic rings. The van der Waals surface area contributed by atoms with E-state index in [4.69, 9.17) is 4.74 Å². The number of nitrogens with zero attached hydrogens (tertiary/aromatic N) is 1. The third-order valence-electron chi connectivity index (χ3n) is 3.29. The fourth-order valence-electron chi connectivity index (χ4n) is 2.24. The number of hydrogen-bond donors (Lipinski definition) is 1. The van der Waals surface area contributed by atoms with Gasteiger partial charge in [0.1, 0.15) is 5.75 Å². The SMILES string of the molecule is O=C(COc1cccc(Br)c1)N/N=C/C1CCCCC1. The van der Waals surface area contributed by atoms with Crippen molar-refractivity contribution in [2.45, 2.75) is 32.1 Å². The molecule has 0 radical (unpaired) electrons. The smallest absolute Gasteiger partial charge is 0.277 e. The number of hydrazone groups is 1. The van der Waals surface area contributed by atoms with Gasteiger partial charge in [-0.2, -0.15) is 5.10 Å². The monoisotopic (exact) mass is 338 g/mol. The molecule has 1 aromatic rings. The molecule has 1 aromatic carbocycles. The number of benzene rings is 1. The van der Waals surface area contributed by atoms with E-state index in [1.54, 1.807) is 0 Å². The Morgan fingerprint density at radius 2 is 2.20 bits per heavy atom. The van der Waals surface area contributed by atoms with Crippen LogP contribution in [0.1, 0.15) is 32.1 Å². The highest BCUT2D eigenvalue weighted by Crippen LogP contribution is 2.21. The van der Waals surface area contributed by atoms with E-state index in [1.807, 2.05) is 30.5 Å². The van der Waals surface area contributed by atoms with E-state index in [9.17, 15) is 4.79 Å². The van der Waals surface area contributed by atoms with Crippen LogP contribution in [0, 0.1) is 5.92 Å². The van der Waals surface area contributed by atoms with E-state index in [2.05, 4.69) is 26.5 Å². The highest BCUT2D eigenvalue weighted by Gasteiger charge is 2.10. The molecule has 1 fully saturated rings. The summed E-state index contributed by atoms with van der Waals surface area (Å²) in [5.41, 5.74) is 2.51. The molecule has 108 valence electrons. The summed E-state index contributed by atoms with van der Waals surface area (Å²) in [6.45, 7) is -0.0293. The fraction of sp³-hybridized carbons (Fsp3) is 0.467. The van der Waals surface area contributed by atoms with Crippen LogP contribution in [-0.2, 0) is 4.79 Å². The van der Waals surface area contributed by atoms with Crippen molar-refractivity contribution in [2.24, 2.45) is 11.0 Å². The van der Waals surface area contributed by atoms with Gasteiger partial charge in [-0.1, -0.05) is 41.3 Å². The van der Waals surface area contributed by atoms with E-state index in [0.29, 0.717) is 11.7 Å². The summed E-state index contributed by atoms with van der Waals surface area (Å²) < 4.78 is 6.30. The van der Waals surface area contributed by atoms with Crippen molar-refractivity contribution >= 4 is 28.1 Å². The van der Waals surface area contributed by atoms with Crippen LogP contribution in [0.15, 0.2) is 33.8 Å². The molecule has 5 heteroatoms. The third kappa shape index (κ3) is 5.33. The van der Waals surface area contributed by atoms with E-state index < -0.39 is 0 Å². The Morgan fingerprint density at radius 1 is 1.40 bits per heavy atom. The van der Waals surface area contributed by atoms with Gasteiger partial charge in [-0.25, -0.2) is 5.43 Å². The van der Waals surface area contributed by atoms with Crippen molar-refractivity contribution in [1.82, 2.24) is 5.43 Å². The number of amides is 1. The van der Waals surface area contributed by atoms with E-state index in [1.165, 1.54) is 32.1 Å². The molecule has 1 N–H and O–H groups in total. The summed E-state index contributed by atoms with van der Waals surface area (Å²) in [5, 5.41) is 4.01. The molecule has 0 heterocycles. The Balaban J connectivity index is 1.68. The van der Waals surface area contributed by atoms with Crippen LogP contribution in [0.25, 0.3) is 0 Å². The number of rotatable bonds is 5. The van der Waals surface area contributed by atoms with Crippen molar-refractivity contribution in [3.05, 3.63) is 28.7 Å². The molecule has 0 saturated heterocycles. The summed E-state index contributed by atoms with van der Waals surface area (Å²) in [4.78, 5) is 11.6. The summed E-state index contributed by atoms with van der Waals surface area (Å²) in [6.07, 6.45) is 8.04. The lowest BCUT2D eigenvalue weighted by molar-refractivity contribution is -0.123. The van der Waals surface area contributed by atoms with Gasteiger partial charge in [0.05, 0.1) is 0 Å². The van der Waals surface area contributed by atoms with Crippen LogP contribution < -0.4 is 10.2 Å². The van der Waals surface area contributed by atoms with Gasteiger partial charge in [-0.3, -0.25) is 4.79 Å². The van der Waals surface area contributed by atoms with Gasteiger partial charge in [0.15, 0.2) is 6.61 Å². The maximum atomic E-state index is 11.6. The zero-order valence-electron chi connectivity index (χ0n) is 11.3. The number of carbonyl (C=O) groups is 1. The lowest BCUT2D eigenvalue weighted by Gasteiger charge is -2.16. The Hall–Kier alpha value is -1.36. The summed E-state index contributed by atoms with van der Waals surface area (Å²) >= 11 is 3.35. The maximum Gasteiger partial charge on any atom is 0.277 e. The van der Waals surface area contributed by atoms with Crippen molar-refractivity contribution in [3.8, 4) is 5.75 Å². The molecule has 0 unspecified atom stereocenters. The number of ether oxygens (including phenoxy) is 1. The van der Waals surface area contributed by atoms with E-state index >= 15 is 0 Å². The molecule has 1 aliphatic carbocycles. The predicted octanol–water partition coefficient (Wildman–Crippen LogP) is 3.51. The number of halogens is 1. The van der Waals surface area contributed by atoms with Crippen LogP contribution in [-0.4, -0.2) is 18.7 Å². The molecule has 1 amide bonds. The third-order valence-corrected chi connectivity index (χ3v) is 3.78. The second kappa shape index (κ2) is 8.04. The Morgan fingerprint density at radius 3 is 2.95 bits per heavy atom. The first-order valence-electron chi connectivity index (χ1n) is 6.94. The second-order valence-electron chi connectivity index (χ2n) is 4.96. The average molecular weight is 339 g/mol. The van der Waals surface area contributed by atoms with Gasteiger partial charge < -0.3 is 4.74 Å². The minimum absolute atomic E-state index is 0.0293. The van der Waals surface area contributed by atoms with Gasteiger partial charge >= 0.3 is 0 Å². The van der Waals surface area contributed by atoms with Crippen molar-refractivity contribution in [1.29, 1.82) is 0 Å². The highest BCUT2D eigenvalue weighted by molar-refractivity contribution is 9.10. The van der Waals surface area contributed by atoms with Crippen LogP contribution in [0.5, 0.6) is 5.75 Å². The summed E-state index contributed by atoms with van der Waals surface area (Å²) in [6, 6.07) is 7.39. The molecule has 0 bridgehead atoms. The van der Waals surface area contributed by atoms with Gasteiger partial charge in [-0.05, 0) is 37.0 Å². The first-order valence-corrected chi connectivity index (χ1v) is 7.74. The minimum Gasteiger partial charge on any atom is -0.484 e. The Kier molecular flexibility index (Phi) is 6.05. The largest absolute Gasteiger partial charge is 0.484 e. The second-order valence-corrected chi connectivity index (χ2v) is 5.87. The normalized spacial score (nSPS) is 16.2.